The van der Waals surface area contributed by atoms with Crippen LogP contribution in [0.25, 0.3) is 0 Å². The Hall–Kier alpha value is -2.92. The molecule has 0 aromatic heterocycles. The molecule has 1 aliphatic heterocycles. The maximum atomic E-state index is 10.6. The molecule has 0 fully saturated rings. The molecule has 1 unspecified atom stereocenters. The third-order valence-electron chi connectivity index (χ3n) is 4.81. The Morgan fingerprint density at radius 2 is 1.96 bits per heavy atom. The number of hydrogen-bond donors (Lipinski definition) is 3. The molecule has 1 atom stereocenters. The summed E-state index contributed by atoms with van der Waals surface area (Å²) in [6, 6.07) is 6.95. The van der Waals surface area contributed by atoms with Gasteiger partial charge in [-0.2, -0.15) is 0 Å². The van der Waals surface area contributed by atoms with E-state index in [2.05, 4.69) is 18.5 Å². The smallest absolute Gasteiger partial charge is 0.191 e. The van der Waals surface area contributed by atoms with Gasteiger partial charge in [0.1, 0.15) is 0 Å². The minimum atomic E-state index is -0.440. The topological polar surface area (TPSA) is 62.6 Å². The third kappa shape index (κ3) is 4.31. The van der Waals surface area contributed by atoms with E-state index in [1.54, 1.807) is 19.2 Å². The molecule has 0 aliphatic carbocycles. The predicted molar refractivity (Wildman–Crippen MR) is 117 cm³/mol. The second-order valence-electron chi connectivity index (χ2n) is 6.63. The summed E-state index contributed by atoms with van der Waals surface area (Å²) in [7, 11) is 5.49. The van der Waals surface area contributed by atoms with E-state index in [1.165, 1.54) is 6.08 Å². The highest BCUT2D eigenvalue weighted by molar-refractivity contribution is 6.30. The lowest BCUT2D eigenvalue weighted by atomic mass is 9.93. The first-order valence-electron chi connectivity index (χ1n) is 8.84. The Kier molecular flexibility index (Phi) is 6.75. The van der Waals surface area contributed by atoms with Crippen LogP contribution in [0.1, 0.15) is 18.5 Å². The van der Waals surface area contributed by atoms with E-state index in [9.17, 15) is 5.11 Å². The number of halogens is 1. The van der Waals surface area contributed by atoms with E-state index in [0.717, 1.165) is 22.5 Å². The Morgan fingerprint density at radius 1 is 1.36 bits per heavy atom. The average molecular weight is 399 g/mol. The van der Waals surface area contributed by atoms with Crippen LogP contribution in [0, 0.1) is 5.41 Å². The summed E-state index contributed by atoms with van der Waals surface area (Å²) in [5, 5.41) is 22.3. The van der Waals surface area contributed by atoms with Crippen LogP contribution in [0.5, 0.6) is 0 Å². The number of allylic oxidation sites excluding steroid dienone is 3. The molecule has 1 aromatic carbocycles. The van der Waals surface area contributed by atoms with Gasteiger partial charge in [-0.3, -0.25) is 0 Å². The van der Waals surface area contributed by atoms with Crippen LogP contribution in [0.3, 0.4) is 0 Å². The van der Waals surface area contributed by atoms with Crippen LogP contribution < -0.4 is 5.32 Å². The van der Waals surface area contributed by atoms with Crippen LogP contribution in [0.2, 0.25) is 5.02 Å². The highest BCUT2D eigenvalue weighted by atomic mass is 35.5. The van der Waals surface area contributed by atoms with Crippen molar-refractivity contribution in [3.63, 3.8) is 0 Å². The van der Waals surface area contributed by atoms with Gasteiger partial charge in [0.2, 0.25) is 0 Å². The van der Waals surface area contributed by atoms with Crippen LogP contribution in [-0.2, 0) is 0 Å². The van der Waals surface area contributed by atoms with Gasteiger partial charge in [0.05, 0.1) is 23.0 Å². The van der Waals surface area contributed by atoms with Crippen molar-refractivity contribution in [2.45, 2.75) is 13.0 Å². The molecular weight excluding hydrogens is 372 g/mol. The fourth-order valence-electron chi connectivity index (χ4n) is 3.12. The number of aliphatic hydroxyl groups is 1. The minimum Gasteiger partial charge on any atom is -0.495 e. The highest BCUT2D eigenvalue weighted by Gasteiger charge is 2.29. The second kappa shape index (κ2) is 8.85. The standard InChI is InChI=1S/C22H27ClN4O/c1-7-19(24)20(22(28)25-4)21(16-8-10-17(23)11-9-16)27(6)18-12-14(2)15(3)26(5)13-18/h7-13,21,24-25,28H,1,3H2,2,4-6H3/b22-20-,24-19?. The van der Waals surface area contributed by atoms with E-state index in [1.807, 2.05) is 55.2 Å². The maximum absolute atomic E-state index is 10.6. The Bertz CT molecular complexity index is 880. The molecular formula is C22H27ClN4O. The number of benzene rings is 1. The van der Waals surface area contributed by atoms with Crippen molar-refractivity contribution in [2.24, 2.45) is 0 Å². The molecule has 0 radical (unpaired) electrons. The van der Waals surface area contributed by atoms with Crippen LogP contribution in [0.15, 0.2) is 84.2 Å². The van der Waals surface area contributed by atoms with Gasteiger partial charge in [-0.05, 0) is 42.3 Å². The van der Waals surface area contributed by atoms with Crippen molar-refractivity contribution in [2.75, 3.05) is 21.1 Å². The molecule has 0 spiro atoms. The molecule has 0 saturated carbocycles. The van der Waals surface area contributed by atoms with Crippen LogP contribution >= 0.6 is 11.6 Å². The fraction of sp³-hybridized carbons (Fsp3) is 0.227. The molecule has 28 heavy (non-hydrogen) atoms. The number of rotatable bonds is 7. The molecule has 1 aliphatic rings. The van der Waals surface area contributed by atoms with Crippen molar-refractivity contribution >= 4 is 17.3 Å². The van der Waals surface area contributed by atoms with Gasteiger partial charge in [-0.25, -0.2) is 0 Å². The predicted octanol–water partition coefficient (Wildman–Crippen LogP) is 4.75. The summed E-state index contributed by atoms with van der Waals surface area (Å²) in [6.07, 6.45) is 5.44. The molecule has 5 nitrogen and oxygen atoms in total. The largest absolute Gasteiger partial charge is 0.495 e. The van der Waals surface area contributed by atoms with Crippen LogP contribution in [-0.4, -0.2) is 41.8 Å². The van der Waals surface area contributed by atoms with Crippen molar-refractivity contribution in [1.82, 2.24) is 15.1 Å². The summed E-state index contributed by atoms with van der Waals surface area (Å²) in [5.74, 6) is -0.0772. The first-order chi connectivity index (χ1) is 13.2. The van der Waals surface area contributed by atoms with Gasteiger partial charge in [0.15, 0.2) is 5.88 Å². The zero-order valence-corrected chi connectivity index (χ0v) is 17.5. The normalized spacial score (nSPS) is 15.9. The quantitative estimate of drug-likeness (QED) is 0.458. The number of aliphatic hydroxyl groups excluding tert-OH is 1. The summed E-state index contributed by atoms with van der Waals surface area (Å²) >= 11 is 6.08. The van der Waals surface area contributed by atoms with E-state index < -0.39 is 6.04 Å². The molecule has 3 N–H and O–H groups in total. The highest BCUT2D eigenvalue weighted by Crippen LogP contribution is 2.35. The van der Waals surface area contributed by atoms with Gasteiger partial charge < -0.3 is 25.6 Å². The first kappa shape index (κ1) is 21.4. The van der Waals surface area contributed by atoms with E-state index in [0.29, 0.717) is 10.6 Å². The Balaban J connectivity index is 2.66. The van der Waals surface area contributed by atoms with Crippen LogP contribution in [0.4, 0.5) is 0 Å². The second-order valence-corrected chi connectivity index (χ2v) is 7.07. The van der Waals surface area contributed by atoms with Gasteiger partial charge in [0, 0.05) is 38.1 Å². The summed E-state index contributed by atoms with van der Waals surface area (Å²) in [4.78, 5) is 3.97. The molecule has 6 heteroatoms. The maximum Gasteiger partial charge on any atom is 0.191 e. The SMILES string of the molecule is C=CC(=N)/C(=C(/O)NC)C(c1ccc(Cl)cc1)N(C)C1=CN(C)C(=C)C(C)=C1. The molecule has 1 aromatic rings. The number of nitrogens with zero attached hydrogens (tertiary/aromatic N) is 2. The van der Waals surface area contributed by atoms with E-state index in [-0.39, 0.29) is 11.6 Å². The van der Waals surface area contributed by atoms with E-state index >= 15 is 0 Å². The summed E-state index contributed by atoms with van der Waals surface area (Å²) in [5.41, 5.74) is 4.33. The van der Waals surface area contributed by atoms with E-state index in [4.69, 9.17) is 17.0 Å². The summed E-state index contributed by atoms with van der Waals surface area (Å²) in [6.45, 7) is 9.79. The zero-order valence-electron chi connectivity index (χ0n) is 16.8. The third-order valence-corrected chi connectivity index (χ3v) is 5.06. The molecule has 0 bridgehead atoms. The van der Waals surface area contributed by atoms with Crippen molar-refractivity contribution in [1.29, 1.82) is 5.41 Å². The van der Waals surface area contributed by atoms with Gasteiger partial charge in [0.25, 0.3) is 0 Å². The van der Waals surface area contributed by atoms with Crippen molar-refractivity contribution in [3.05, 3.63) is 94.8 Å². The lowest BCUT2D eigenvalue weighted by Crippen LogP contribution is -2.32. The van der Waals surface area contributed by atoms with Crippen molar-refractivity contribution < 1.29 is 5.11 Å². The van der Waals surface area contributed by atoms with Crippen molar-refractivity contribution in [3.8, 4) is 0 Å². The minimum absolute atomic E-state index is 0.0772. The first-order valence-corrected chi connectivity index (χ1v) is 9.21. The Morgan fingerprint density at radius 3 is 2.46 bits per heavy atom. The fourth-order valence-corrected chi connectivity index (χ4v) is 3.24. The van der Waals surface area contributed by atoms with Gasteiger partial charge >= 0.3 is 0 Å². The number of hydrogen-bond acceptors (Lipinski definition) is 5. The molecule has 0 saturated heterocycles. The monoisotopic (exact) mass is 398 g/mol. The molecule has 2 rings (SSSR count). The zero-order chi connectivity index (χ0) is 21.0. The molecule has 1 heterocycles. The van der Waals surface area contributed by atoms with Gasteiger partial charge in [-0.15, -0.1) is 0 Å². The lowest BCUT2D eigenvalue weighted by Gasteiger charge is -2.36. The number of likely N-dealkylation sites (N-methyl/N-ethyl adjacent to an activating group) is 2. The Labute approximate surface area is 172 Å². The van der Waals surface area contributed by atoms with Gasteiger partial charge in [-0.1, -0.05) is 36.9 Å². The molecule has 148 valence electrons. The lowest BCUT2D eigenvalue weighted by molar-refractivity contribution is 0.319. The summed E-state index contributed by atoms with van der Waals surface area (Å²) < 4.78 is 0. The number of nitrogens with one attached hydrogen (secondary N) is 2. The molecule has 0 amide bonds. The average Bonchev–Trinajstić information content (AvgIpc) is 2.69.